The highest BCUT2D eigenvalue weighted by Crippen LogP contribution is 2.37. The van der Waals surface area contributed by atoms with Crippen LogP contribution in [0.4, 0.5) is 0 Å². The number of fused-ring (bicyclic) bond motifs is 2. The van der Waals surface area contributed by atoms with E-state index in [1.807, 2.05) is 61.1 Å². The number of rotatable bonds is 4. The van der Waals surface area contributed by atoms with Crippen molar-refractivity contribution in [3.05, 3.63) is 70.5 Å². The average Bonchev–Trinajstić information content (AvgIpc) is 3.41. The number of carbonyl (C=O) groups excluding carboxylic acids is 1. The van der Waals surface area contributed by atoms with E-state index >= 15 is 0 Å². The summed E-state index contributed by atoms with van der Waals surface area (Å²) in [5.74, 6) is 1.34. The molecule has 158 valence electrons. The second-order valence-corrected chi connectivity index (χ2v) is 8.73. The summed E-state index contributed by atoms with van der Waals surface area (Å²) in [5, 5.41) is 4.17. The van der Waals surface area contributed by atoms with Crippen LogP contribution in [0.25, 0.3) is 15.9 Å². The molecule has 0 aliphatic carbocycles. The second-order valence-electron chi connectivity index (χ2n) is 7.73. The number of amides is 1. The summed E-state index contributed by atoms with van der Waals surface area (Å²) < 4.78 is 13.3. The van der Waals surface area contributed by atoms with Gasteiger partial charge in [0.25, 0.3) is 5.91 Å². The molecule has 0 spiro atoms. The lowest BCUT2D eigenvalue weighted by molar-refractivity contribution is 0.0944. The molecule has 0 radical (unpaired) electrons. The van der Waals surface area contributed by atoms with Gasteiger partial charge in [0.2, 0.25) is 0 Å². The number of nitrogens with one attached hydrogen (secondary N) is 1. The van der Waals surface area contributed by atoms with Crippen LogP contribution >= 0.6 is 11.3 Å². The van der Waals surface area contributed by atoms with Gasteiger partial charge in [0.15, 0.2) is 11.5 Å². The highest BCUT2D eigenvalue weighted by atomic mass is 32.1. The zero-order valence-electron chi connectivity index (χ0n) is 17.6. The van der Waals surface area contributed by atoms with Crippen molar-refractivity contribution in [2.24, 2.45) is 0 Å². The van der Waals surface area contributed by atoms with Crippen LogP contribution in [0, 0.1) is 13.8 Å². The number of nitrogens with zero attached hydrogens (tertiary/aromatic N) is 2. The van der Waals surface area contributed by atoms with Crippen LogP contribution in [-0.4, -0.2) is 28.7 Å². The van der Waals surface area contributed by atoms with Crippen molar-refractivity contribution in [2.75, 3.05) is 13.2 Å². The van der Waals surface area contributed by atoms with E-state index in [0.29, 0.717) is 18.1 Å². The average molecular weight is 434 g/mol. The molecule has 7 heteroatoms. The van der Waals surface area contributed by atoms with Crippen molar-refractivity contribution < 1.29 is 14.3 Å². The predicted octanol–water partition coefficient (Wildman–Crippen LogP) is 4.97. The number of aryl methyl sites for hydroxylation is 2. The molecular weight excluding hydrogens is 410 g/mol. The lowest BCUT2D eigenvalue weighted by Crippen LogP contribution is -2.27. The van der Waals surface area contributed by atoms with E-state index in [9.17, 15) is 4.79 Å². The SMILES string of the molecule is Cc1cc(C)c2c(-n3cccc3)c(C(=O)N[C@H](C)c3ccc4c(c3)OCCO4)sc2n1. The van der Waals surface area contributed by atoms with Gasteiger partial charge in [-0.3, -0.25) is 4.79 Å². The number of hydrogen-bond donors (Lipinski definition) is 1. The van der Waals surface area contributed by atoms with Gasteiger partial charge < -0.3 is 19.4 Å². The third-order valence-electron chi connectivity index (χ3n) is 5.44. The number of carbonyl (C=O) groups is 1. The molecule has 0 fully saturated rings. The smallest absolute Gasteiger partial charge is 0.264 e. The molecule has 1 aliphatic heterocycles. The maximum Gasteiger partial charge on any atom is 0.264 e. The number of pyridine rings is 1. The summed E-state index contributed by atoms with van der Waals surface area (Å²) in [4.78, 5) is 19.6. The summed E-state index contributed by atoms with van der Waals surface area (Å²) in [6.45, 7) is 7.10. The minimum absolute atomic E-state index is 0.119. The Bertz CT molecular complexity index is 1280. The molecule has 1 atom stereocenters. The zero-order chi connectivity index (χ0) is 21.5. The molecular formula is C24H23N3O3S. The largest absolute Gasteiger partial charge is 0.486 e. The Hall–Kier alpha value is -3.32. The minimum atomic E-state index is -0.193. The van der Waals surface area contributed by atoms with Crippen molar-refractivity contribution in [3.63, 3.8) is 0 Å². The molecule has 0 saturated carbocycles. The molecule has 31 heavy (non-hydrogen) atoms. The molecule has 1 aliphatic rings. The lowest BCUT2D eigenvalue weighted by Gasteiger charge is -2.21. The van der Waals surface area contributed by atoms with Gasteiger partial charge in [0, 0.05) is 23.5 Å². The van der Waals surface area contributed by atoms with Crippen molar-refractivity contribution in [1.82, 2.24) is 14.9 Å². The van der Waals surface area contributed by atoms with Crippen LogP contribution < -0.4 is 14.8 Å². The van der Waals surface area contributed by atoms with Crippen molar-refractivity contribution >= 4 is 27.5 Å². The fourth-order valence-electron chi connectivity index (χ4n) is 3.98. The van der Waals surface area contributed by atoms with E-state index in [1.165, 1.54) is 11.3 Å². The normalized spacial score (nSPS) is 13.9. The Morgan fingerprint density at radius 3 is 2.65 bits per heavy atom. The van der Waals surface area contributed by atoms with Gasteiger partial charge in [-0.15, -0.1) is 11.3 Å². The van der Waals surface area contributed by atoms with Crippen molar-refractivity contribution in [1.29, 1.82) is 0 Å². The van der Waals surface area contributed by atoms with Crippen LogP contribution in [0.1, 0.15) is 39.5 Å². The van der Waals surface area contributed by atoms with Gasteiger partial charge >= 0.3 is 0 Å². The quantitative estimate of drug-likeness (QED) is 0.494. The summed E-state index contributed by atoms with van der Waals surface area (Å²) in [6.07, 6.45) is 3.92. The number of benzene rings is 1. The third kappa shape index (κ3) is 3.55. The molecule has 3 aromatic heterocycles. The molecule has 1 aromatic carbocycles. The fraction of sp³-hybridized carbons (Fsp3) is 0.250. The molecule has 5 rings (SSSR count). The van der Waals surface area contributed by atoms with Crippen LogP contribution in [0.2, 0.25) is 0 Å². The fourth-order valence-corrected chi connectivity index (χ4v) is 5.18. The number of ether oxygens (including phenoxy) is 2. The van der Waals surface area contributed by atoms with E-state index in [0.717, 1.165) is 44.2 Å². The molecule has 0 unspecified atom stereocenters. The molecule has 4 aromatic rings. The van der Waals surface area contributed by atoms with E-state index in [2.05, 4.69) is 18.3 Å². The number of hydrogen-bond acceptors (Lipinski definition) is 5. The minimum Gasteiger partial charge on any atom is -0.486 e. The number of thiophene rings is 1. The summed E-state index contributed by atoms with van der Waals surface area (Å²) in [5.41, 5.74) is 3.90. The molecule has 1 N–H and O–H groups in total. The first kappa shape index (κ1) is 19.6. The summed E-state index contributed by atoms with van der Waals surface area (Å²) in [7, 11) is 0. The molecule has 1 amide bonds. The second kappa shape index (κ2) is 7.74. The van der Waals surface area contributed by atoms with Crippen molar-refractivity contribution in [3.8, 4) is 17.2 Å². The Kier molecular flexibility index (Phi) is 4.90. The van der Waals surface area contributed by atoms with Gasteiger partial charge in [-0.1, -0.05) is 6.07 Å². The van der Waals surface area contributed by atoms with Gasteiger partial charge in [-0.05, 0) is 62.2 Å². The topological polar surface area (TPSA) is 65.4 Å². The molecule has 6 nitrogen and oxygen atoms in total. The maximum atomic E-state index is 13.4. The van der Waals surface area contributed by atoms with Gasteiger partial charge in [-0.25, -0.2) is 4.98 Å². The predicted molar refractivity (Wildman–Crippen MR) is 122 cm³/mol. The van der Waals surface area contributed by atoms with Crippen LogP contribution in [0.3, 0.4) is 0 Å². The first-order chi connectivity index (χ1) is 15.0. The van der Waals surface area contributed by atoms with Gasteiger partial charge in [0.1, 0.15) is 22.9 Å². The van der Waals surface area contributed by atoms with Crippen LogP contribution in [0.5, 0.6) is 11.5 Å². The zero-order valence-corrected chi connectivity index (χ0v) is 18.5. The Balaban J connectivity index is 1.51. The number of aromatic nitrogens is 2. The lowest BCUT2D eigenvalue weighted by atomic mass is 10.1. The van der Waals surface area contributed by atoms with Crippen LogP contribution in [-0.2, 0) is 0 Å². The highest BCUT2D eigenvalue weighted by Gasteiger charge is 2.24. The Morgan fingerprint density at radius 1 is 1.13 bits per heavy atom. The standard InChI is InChI=1S/C24H23N3O3S/c1-14-12-15(2)25-24-20(14)21(27-8-4-5-9-27)22(31-24)23(28)26-16(3)17-6-7-18-19(13-17)30-11-10-29-18/h4-9,12-13,16H,10-11H2,1-3H3,(H,26,28)/t16-/m1/s1. The molecule has 4 heterocycles. The van der Waals surface area contributed by atoms with Gasteiger partial charge in [0.05, 0.1) is 11.7 Å². The molecule has 0 saturated heterocycles. The first-order valence-electron chi connectivity index (χ1n) is 10.3. The third-order valence-corrected chi connectivity index (χ3v) is 6.52. The monoisotopic (exact) mass is 433 g/mol. The summed E-state index contributed by atoms with van der Waals surface area (Å²) in [6, 6.07) is 11.6. The van der Waals surface area contributed by atoms with E-state index in [4.69, 9.17) is 14.5 Å². The maximum absolute atomic E-state index is 13.4. The van der Waals surface area contributed by atoms with Crippen molar-refractivity contribution in [2.45, 2.75) is 26.8 Å². The summed E-state index contributed by atoms with van der Waals surface area (Å²) >= 11 is 1.43. The van der Waals surface area contributed by atoms with E-state index < -0.39 is 0 Å². The van der Waals surface area contributed by atoms with Gasteiger partial charge in [-0.2, -0.15) is 0 Å². The Morgan fingerprint density at radius 2 is 1.87 bits per heavy atom. The van der Waals surface area contributed by atoms with E-state index in [-0.39, 0.29) is 11.9 Å². The Labute approximate surface area is 184 Å². The highest BCUT2D eigenvalue weighted by molar-refractivity contribution is 7.21. The first-order valence-corrected chi connectivity index (χ1v) is 11.1. The van der Waals surface area contributed by atoms with E-state index in [1.54, 1.807) is 0 Å². The molecule has 0 bridgehead atoms. The van der Waals surface area contributed by atoms with Crippen LogP contribution in [0.15, 0.2) is 48.8 Å².